The number of rotatable bonds is 6. The first-order valence-electron chi connectivity index (χ1n) is 12.4. The van der Waals surface area contributed by atoms with Gasteiger partial charge in [0.1, 0.15) is 18.7 Å². The molecule has 3 aromatic heterocycles. The van der Waals surface area contributed by atoms with Crippen LogP contribution in [-0.2, 0) is 18.7 Å². The maximum Gasteiger partial charge on any atom is 0.238 e. The first-order chi connectivity index (χ1) is 17.1. The number of aliphatic hydroxyl groups is 1. The largest absolute Gasteiger partial charge is 0.468 e. The average molecular weight is 405 g/mol. The molecule has 0 amide bonds. The van der Waals surface area contributed by atoms with E-state index in [0.29, 0.717) is 0 Å². The molecular weight excluding hydrogens is 377 g/mol. The standard InChI is InChI=1S/C19H20FN7O2/c1-4-26-16(21-11-22-26)10-29-18-13(19(2,3)28)9-15-23-24-17(27(15)25-18)12-7-5-6-8-14(12)20/h5-9,11,28H,4,10H2,1-3H3/i2D3,3D3,10D2. The van der Waals surface area contributed by atoms with Crippen LogP contribution in [-0.4, -0.2) is 39.7 Å². The van der Waals surface area contributed by atoms with Crippen molar-refractivity contribution in [3.8, 4) is 17.3 Å². The predicted molar refractivity (Wildman–Crippen MR) is 101 cm³/mol. The van der Waals surface area contributed by atoms with Crippen molar-refractivity contribution in [2.24, 2.45) is 0 Å². The minimum absolute atomic E-state index is 0.0585. The molecule has 0 fully saturated rings. The summed E-state index contributed by atoms with van der Waals surface area (Å²) in [6, 6.07) is 6.32. The molecule has 0 saturated carbocycles. The molecule has 4 aromatic rings. The molecule has 0 aliphatic heterocycles. The summed E-state index contributed by atoms with van der Waals surface area (Å²) in [7, 11) is 0. The molecule has 1 N–H and O–H groups in total. The van der Waals surface area contributed by atoms with Crippen LogP contribution in [0.3, 0.4) is 0 Å². The Morgan fingerprint density at radius 2 is 2.14 bits per heavy atom. The zero-order chi connectivity index (χ0) is 27.4. The van der Waals surface area contributed by atoms with E-state index in [-0.39, 0.29) is 29.4 Å². The molecule has 0 radical (unpaired) electrons. The van der Waals surface area contributed by atoms with Crippen LogP contribution in [0.2, 0.25) is 0 Å². The van der Waals surface area contributed by atoms with Crippen molar-refractivity contribution in [3.05, 3.63) is 53.9 Å². The molecule has 0 saturated heterocycles. The Labute approximate surface area is 177 Å². The molecular formula is C19H20FN7O2. The van der Waals surface area contributed by atoms with Crippen LogP contribution < -0.4 is 4.74 Å². The van der Waals surface area contributed by atoms with Crippen molar-refractivity contribution in [1.29, 1.82) is 0 Å². The first-order valence-corrected chi connectivity index (χ1v) is 8.43. The number of nitrogens with zero attached hydrogens (tertiary/aromatic N) is 7. The van der Waals surface area contributed by atoms with E-state index in [0.717, 1.165) is 27.7 Å². The van der Waals surface area contributed by atoms with Gasteiger partial charge in [0.2, 0.25) is 5.88 Å². The highest BCUT2D eigenvalue weighted by molar-refractivity contribution is 5.60. The molecule has 4 rings (SSSR count). The second kappa shape index (κ2) is 7.21. The topological polar surface area (TPSA) is 103 Å². The summed E-state index contributed by atoms with van der Waals surface area (Å²) in [5.41, 5.74) is -4.79. The lowest BCUT2D eigenvalue weighted by molar-refractivity contribution is 0.0729. The molecule has 1 aromatic carbocycles. The van der Waals surface area contributed by atoms with E-state index >= 15 is 0 Å². The van der Waals surface area contributed by atoms with E-state index < -0.39 is 43.1 Å². The summed E-state index contributed by atoms with van der Waals surface area (Å²) >= 11 is 0. The Morgan fingerprint density at radius 1 is 1.31 bits per heavy atom. The van der Waals surface area contributed by atoms with Gasteiger partial charge in [-0.2, -0.15) is 9.61 Å². The fourth-order valence-electron chi connectivity index (χ4n) is 2.63. The van der Waals surface area contributed by atoms with Crippen LogP contribution in [0.5, 0.6) is 5.88 Å². The Bertz CT molecular complexity index is 1440. The molecule has 0 aliphatic rings. The smallest absolute Gasteiger partial charge is 0.238 e. The fourth-order valence-corrected chi connectivity index (χ4v) is 2.63. The quantitative estimate of drug-likeness (QED) is 0.525. The summed E-state index contributed by atoms with van der Waals surface area (Å²) in [5.74, 6) is -2.13. The zero-order valence-corrected chi connectivity index (χ0v) is 15.0. The molecule has 0 bridgehead atoms. The van der Waals surface area contributed by atoms with Crippen molar-refractivity contribution >= 4 is 5.65 Å². The van der Waals surface area contributed by atoms with Crippen molar-refractivity contribution in [1.82, 2.24) is 34.6 Å². The number of halogens is 1. The zero-order valence-electron chi connectivity index (χ0n) is 23.0. The van der Waals surface area contributed by atoms with Gasteiger partial charge in [0.05, 0.1) is 19.5 Å². The van der Waals surface area contributed by atoms with E-state index in [1.165, 1.54) is 18.2 Å². The molecule has 10 heteroatoms. The molecule has 0 aliphatic carbocycles. The van der Waals surface area contributed by atoms with Crippen LogP contribution in [0.15, 0.2) is 36.7 Å². The van der Waals surface area contributed by atoms with Crippen molar-refractivity contribution in [2.75, 3.05) is 0 Å². The predicted octanol–water partition coefficient (Wildman–Crippen LogP) is 2.35. The highest BCUT2D eigenvalue weighted by Gasteiger charge is 2.26. The van der Waals surface area contributed by atoms with Crippen LogP contribution >= 0.6 is 0 Å². The SMILES string of the molecule is [2H]C([2H])(Oc1nn2c(-c3ccccc3F)nnc2cc1C(O)(C([2H])([2H])[2H])C([2H])([2H])[2H])c1ncnn1CC. The summed E-state index contributed by atoms with van der Waals surface area (Å²) < 4.78 is 85.7. The van der Waals surface area contributed by atoms with Crippen molar-refractivity contribution in [3.63, 3.8) is 0 Å². The van der Waals surface area contributed by atoms with Crippen molar-refractivity contribution in [2.45, 2.75) is 39.3 Å². The third-order valence-electron chi connectivity index (χ3n) is 4.02. The van der Waals surface area contributed by atoms with E-state index in [9.17, 15) is 9.50 Å². The normalized spacial score (nSPS) is 17.3. The lowest BCUT2D eigenvalue weighted by Crippen LogP contribution is -2.20. The fraction of sp³-hybridized carbons (Fsp3) is 0.316. The first kappa shape index (κ1) is 11.6. The van der Waals surface area contributed by atoms with Gasteiger partial charge in [-0.25, -0.2) is 14.1 Å². The molecule has 29 heavy (non-hydrogen) atoms. The summed E-state index contributed by atoms with van der Waals surface area (Å²) in [6.07, 6.45) is 1.06. The van der Waals surface area contributed by atoms with Crippen molar-refractivity contribution < 1.29 is 25.2 Å². The average Bonchev–Trinajstić information content (AvgIpc) is 3.44. The van der Waals surface area contributed by atoms with E-state index in [1.54, 1.807) is 6.92 Å². The lowest BCUT2D eigenvalue weighted by Gasteiger charge is -2.20. The molecule has 9 nitrogen and oxygen atoms in total. The number of aromatic nitrogens is 7. The second-order valence-electron chi connectivity index (χ2n) is 5.95. The highest BCUT2D eigenvalue weighted by atomic mass is 19.1. The van der Waals surface area contributed by atoms with Gasteiger partial charge in [0.15, 0.2) is 17.3 Å². The highest BCUT2D eigenvalue weighted by Crippen LogP contribution is 2.31. The Morgan fingerprint density at radius 3 is 2.90 bits per heavy atom. The van der Waals surface area contributed by atoms with Gasteiger partial charge in [-0.3, -0.25) is 0 Å². The third-order valence-corrected chi connectivity index (χ3v) is 4.02. The molecule has 0 spiro atoms. The van der Waals surface area contributed by atoms with Gasteiger partial charge in [0.25, 0.3) is 0 Å². The summed E-state index contributed by atoms with van der Waals surface area (Å²) in [4.78, 5) is 3.83. The maximum absolute atomic E-state index is 14.5. The maximum atomic E-state index is 14.5. The monoisotopic (exact) mass is 405 g/mol. The summed E-state index contributed by atoms with van der Waals surface area (Å²) in [6.45, 7) is -8.10. The van der Waals surface area contributed by atoms with Crippen LogP contribution in [0.1, 0.15) is 43.0 Å². The second-order valence-corrected chi connectivity index (χ2v) is 5.95. The number of benzene rings is 1. The van der Waals surface area contributed by atoms with Gasteiger partial charge in [-0.05, 0) is 38.8 Å². The van der Waals surface area contributed by atoms with Gasteiger partial charge in [-0.1, -0.05) is 12.1 Å². The van der Waals surface area contributed by atoms with E-state index in [2.05, 4.69) is 25.4 Å². The minimum Gasteiger partial charge on any atom is -0.468 e. The Balaban J connectivity index is 2.02. The number of ether oxygens (including phenoxy) is 1. The van der Waals surface area contributed by atoms with Crippen LogP contribution in [0.4, 0.5) is 4.39 Å². The molecule has 0 unspecified atom stereocenters. The van der Waals surface area contributed by atoms with Crippen LogP contribution in [0.25, 0.3) is 17.0 Å². The van der Waals surface area contributed by atoms with Crippen LogP contribution in [0, 0.1) is 5.82 Å². The molecule has 150 valence electrons. The number of fused-ring (bicyclic) bond motifs is 1. The summed E-state index contributed by atoms with van der Waals surface area (Å²) in [5, 5.41) is 26.8. The molecule has 0 atom stereocenters. The number of aryl methyl sites for hydroxylation is 1. The van der Waals surface area contributed by atoms with E-state index in [1.807, 2.05) is 0 Å². The van der Waals surface area contributed by atoms with Gasteiger partial charge in [-0.15, -0.1) is 15.3 Å². The van der Waals surface area contributed by atoms with E-state index in [4.69, 9.17) is 15.7 Å². The Kier molecular flexibility index (Phi) is 2.87. The molecule has 3 heterocycles. The third kappa shape index (κ3) is 3.54. The lowest BCUT2D eigenvalue weighted by atomic mass is 10.0. The van der Waals surface area contributed by atoms with Gasteiger partial charge in [0, 0.05) is 14.8 Å². The van der Waals surface area contributed by atoms with Gasteiger partial charge >= 0.3 is 0 Å². The van der Waals surface area contributed by atoms with Gasteiger partial charge < -0.3 is 9.84 Å². The minimum atomic E-state index is -3.57. The number of hydrogen-bond acceptors (Lipinski definition) is 7. The Hall–Kier alpha value is -3.40. The number of hydrogen-bond donors (Lipinski definition) is 1.